The summed E-state index contributed by atoms with van der Waals surface area (Å²) in [6.07, 6.45) is 1.67. The van der Waals surface area contributed by atoms with Gasteiger partial charge in [-0.05, 0) is 44.0 Å². The van der Waals surface area contributed by atoms with E-state index in [9.17, 15) is 8.42 Å². The van der Waals surface area contributed by atoms with Crippen molar-refractivity contribution < 1.29 is 13.2 Å². The molecule has 1 heterocycles. The number of imidazole rings is 1. The molecule has 1 N–H and O–H groups in total. The summed E-state index contributed by atoms with van der Waals surface area (Å²) in [6, 6.07) is 3.39. The van der Waals surface area contributed by atoms with E-state index >= 15 is 0 Å². The van der Waals surface area contributed by atoms with Crippen LogP contribution < -0.4 is 4.74 Å². The van der Waals surface area contributed by atoms with E-state index in [-0.39, 0.29) is 11.4 Å². The van der Waals surface area contributed by atoms with Crippen LogP contribution in [0.1, 0.15) is 22.6 Å². The zero-order valence-corrected chi connectivity index (χ0v) is 14.3. The molecule has 6 nitrogen and oxygen atoms in total. The van der Waals surface area contributed by atoms with Crippen LogP contribution in [0.15, 0.2) is 23.2 Å². The number of aryl methyl sites for hydroxylation is 3. The number of ether oxygens (including phenoxy) is 1. The Hall–Kier alpha value is -1.86. The second-order valence-electron chi connectivity index (χ2n) is 5.36. The van der Waals surface area contributed by atoms with Gasteiger partial charge in [0.15, 0.2) is 0 Å². The zero-order valence-electron chi connectivity index (χ0n) is 13.5. The SMILES string of the molecule is COc1cc(C)c(C)cc1S(=O)(=O)N(C)Cc1ncc(C)[nH]1. The lowest BCUT2D eigenvalue weighted by atomic mass is 10.1. The first kappa shape index (κ1) is 16.5. The topological polar surface area (TPSA) is 75.3 Å². The number of H-pyrrole nitrogens is 1. The van der Waals surface area contributed by atoms with Gasteiger partial charge in [-0.15, -0.1) is 0 Å². The fourth-order valence-corrected chi connectivity index (χ4v) is 3.49. The Morgan fingerprint density at radius 1 is 1.23 bits per heavy atom. The van der Waals surface area contributed by atoms with Crippen LogP contribution in [-0.2, 0) is 16.6 Å². The molecule has 0 aliphatic rings. The molecule has 0 aliphatic heterocycles. The molecule has 1 aromatic carbocycles. The normalized spacial score (nSPS) is 11.9. The molecular weight excluding hydrogens is 302 g/mol. The Balaban J connectivity index is 2.39. The molecule has 0 atom stereocenters. The summed E-state index contributed by atoms with van der Waals surface area (Å²) < 4.78 is 32.1. The van der Waals surface area contributed by atoms with Crippen molar-refractivity contribution in [2.45, 2.75) is 32.2 Å². The van der Waals surface area contributed by atoms with Gasteiger partial charge in [0.2, 0.25) is 10.0 Å². The van der Waals surface area contributed by atoms with Crippen LogP contribution in [0.2, 0.25) is 0 Å². The molecule has 7 heteroatoms. The second-order valence-corrected chi connectivity index (χ2v) is 7.37. The average molecular weight is 323 g/mol. The van der Waals surface area contributed by atoms with Crippen molar-refractivity contribution >= 4 is 10.0 Å². The maximum atomic E-state index is 12.8. The third-order valence-electron chi connectivity index (χ3n) is 3.60. The van der Waals surface area contributed by atoms with Crippen LogP contribution in [0.25, 0.3) is 0 Å². The van der Waals surface area contributed by atoms with Gasteiger partial charge in [-0.2, -0.15) is 4.31 Å². The molecule has 0 saturated heterocycles. The van der Waals surface area contributed by atoms with Gasteiger partial charge in [-0.25, -0.2) is 13.4 Å². The highest BCUT2D eigenvalue weighted by Crippen LogP contribution is 2.29. The Morgan fingerprint density at radius 2 is 1.86 bits per heavy atom. The van der Waals surface area contributed by atoms with E-state index in [0.29, 0.717) is 11.6 Å². The maximum absolute atomic E-state index is 12.8. The third-order valence-corrected chi connectivity index (χ3v) is 5.42. The van der Waals surface area contributed by atoms with Gasteiger partial charge in [0, 0.05) is 18.9 Å². The van der Waals surface area contributed by atoms with E-state index < -0.39 is 10.0 Å². The summed E-state index contributed by atoms with van der Waals surface area (Å²) >= 11 is 0. The lowest BCUT2D eigenvalue weighted by molar-refractivity contribution is 0.396. The molecule has 0 fully saturated rings. The summed E-state index contributed by atoms with van der Waals surface area (Å²) in [5.74, 6) is 0.956. The highest BCUT2D eigenvalue weighted by Gasteiger charge is 2.26. The first-order chi connectivity index (χ1) is 10.3. The monoisotopic (exact) mass is 323 g/mol. The Morgan fingerprint density at radius 3 is 2.41 bits per heavy atom. The fourth-order valence-electron chi connectivity index (χ4n) is 2.14. The van der Waals surface area contributed by atoms with E-state index in [0.717, 1.165) is 16.8 Å². The maximum Gasteiger partial charge on any atom is 0.246 e. The van der Waals surface area contributed by atoms with E-state index in [1.165, 1.54) is 18.5 Å². The van der Waals surface area contributed by atoms with Crippen molar-refractivity contribution in [3.8, 4) is 5.75 Å². The Labute approximate surface area is 131 Å². The van der Waals surface area contributed by atoms with E-state index in [1.54, 1.807) is 18.3 Å². The molecule has 0 saturated carbocycles. The van der Waals surface area contributed by atoms with Crippen LogP contribution in [0.3, 0.4) is 0 Å². The molecule has 0 bridgehead atoms. The van der Waals surface area contributed by atoms with E-state index in [1.807, 2.05) is 20.8 Å². The molecule has 1 aromatic heterocycles. The number of aromatic amines is 1. The highest BCUT2D eigenvalue weighted by atomic mass is 32.2. The van der Waals surface area contributed by atoms with Crippen molar-refractivity contribution in [3.63, 3.8) is 0 Å². The van der Waals surface area contributed by atoms with Gasteiger partial charge in [-0.3, -0.25) is 0 Å². The Bertz CT molecular complexity index is 781. The van der Waals surface area contributed by atoms with Crippen LogP contribution in [0.4, 0.5) is 0 Å². The van der Waals surface area contributed by atoms with Crippen molar-refractivity contribution in [2.24, 2.45) is 0 Å². The molecule has 0 spiro atoms. The van der Waals surface area contributed by atoms with Crippen LogP contribution in [0.5, 0.6) is 5.75 Å². The largest absolute Gasteiger partial charge is 0.495 e. The minimum absolute atomic E-state index is 0.170. The predicted molar refractivity (Wildman–Crippen MR) is 84.4 cm³/mol. The van der Waals surface area contributed by atoms with Crippen molar-refractivity contribution in [2.75, 3.05) is 14.2 Å². The van der Waals surface area contributed by atoms with Gasteiger partial charge in [0.05, 0.1) is 13.7 Å². The molecule has 2 aromatic rings. The number of methoxy groups -OCH3 is 1. The molecule has 120 valence electrons. The van der Waals surface area contributed by atoms with Crippen molar-refractivity contribution in [1.29, 1.82) is 0 Å². The van der Waals surface area contributed by atoms with Gasteiger partial charge < -0.3 is 9.72 Å². The van der Waals surface area contributed by atoms with E-state index in [4.69, 9.17) is 4.74 Å². The lowest BCUT2D eigenvalue weighted by Crippen LogP contribution is -2.27. The van der Waals surface area contributed by atoms with Gasteiger partial charge >= 0.3 is 0 Å². The highest BCUT2D eigenvalue weighted by molar-refractivity contribution is 7.89. The van der Waals surface area contributed by atoms with E-state index in [2.05, 4.69) is 9.97 Å². The van der Waals surface area contributed by atoms with Crippen molar-refractivity contribution in [3.05, 3.63) is 41.0 Å². The number of hydrogen-bond acceptors (Lipinski definition) is 4. The van der Waals surface area contributed by atoms with Gasteiger partial charge in [0.1, 0.15) is 16.5 Å². The summed E-state index contributed by atoms with van der Waals surface area (Å²) in [4.78, 5) is 7.35. The first-order valence-electron chi connectivity index (χ1n) is 6.87. The molecule has 22 heavy (non-hydrogen) atoms. The van der Waals surface area contributed by atoms with Crippen molar-refractivity contribution in [1.82, 2.24) is 14.3 Å². The van der Waals surface area contributed by atoms with Crippen LogP contribution in [0, 0.1) is 20.8 Å². The minimum Gasteiger partial charge on any atom is -0.495 e. The minimum atomic E-state index is -3.66. The molecular formula is C15H21N3O3S. The lowest BCUT2D eigenvalue weighted by Gasteiger charge is -2.19. The first-order valence-corrected chi connectivity index (χ1v) is 8.31. The molecule has 0 aliphatic carbocycles. The smallest absolute Gasteiger partial charge is 0.246 e. The number of nitrogens with zero attached hydrogens (tertiary/aromatic N) is 2. The van der Waals surface area contributed by atoms with Crippen LogP contribution >= 0.6 is 0 Å². The van der Waals surface area contributed by atoms with Crippen LogP contribution in [-0.4, -0.2) is 36.8 Å². The fraction of sp³-hybridized carbons (Fsp3) is 0.400. The summed E-state index contributed by atoms with van der Waals surface area (Å²) in [5.41, 5.74) is 2.78. The van der Waals surface area contributed by atoms with Gasteiger partial charge in [0.25, 0.3) is 0 Å². The summed E-state index contributed by atoms with van der Waals surface area (Å²) in [7, 11) is -0.661. The number of hydrogen-bond donors (Lipinski definition) is 1. The zero-order chi connectivity index (χ0) is 16.5. The number of sulfonamides is 1. The molecule has 2 rings (SSSR count). The predicted octanol–water partition coefficient (Wildman–Crippen LogP) is 2.16. The summed E-state index contributed by atoms with van der Waals surface area (Å²) in [5, 5.41) is 0. The molecule has 0 radical (unpaired) electrons. The molecule has 0 unspecified atom stereocenters. The number of benzene rings is 1. The van der Waals surface area contributed by atoms with Gasteiger partial charge in [-0.1, -0.05) is 0 Å². The summed E-state index contributed by atoms with van der Waals surface area (Å²) in [6.45, 7) is 5.84. The third kappa shape index (κ3) is 3.15. The number of nitrogens with one attached hydrogen (secondary N) is 1. The Kier molecular flexibility index (Phi) is 4.58. The second kappa shape index (κ2) is 6.10. The number of rotatable bonds is 5. The molecule has 0 amide bonds. The number of aromatic nitrogens is 2. The standard InChI is InChI=1S/C15H21N3O3S/c1-10-6-13(21-5)14(7-11(10)2)22(19,20)18(4)9-15-16-8-12(3)17-15/h6-8H,9H2,1-5H3,(H,16,17). The average Bonchev–Trinajstić information content (AvgIpc) is 2.86. The quantitative estimate of drug-likeness (QED) is 0.915.